The first-order valence-electron chi connectivity index (χ1n) is 8.69. The summed E-state index contributed by atoms with van der Waals surface area (Å²) in [6.45, 7) is 4.09. The van der Waals surface area contributed by atoms with Gasteiger partial charge in [-0.25, -0.2) is 17.6 Å². The number of hydrogen-bond acceptors (Lipinski definition) is 4. The molecule has 3 rings (SSSR count). The van der Waals surface area contributed by atoms with Gasteiger partial charge in [0.2, 0.25) is 0 Å². The molecule has 2 amide bonds. The summed E-state index contributed by atoms with van der Waals surface area (Å²) in [7, 11) is -1.34. The fourth-order valence-corrected chi connectivity index (χ4v) is 5.00. The van der Waals surface area contributed by atoms with Gasteiger partial charge in [0.05, 0.1) is 29.8 Å². The zero-order valence-corrected chi connectivity index (χ0v) is 16.4. The van der Waals surface area contributed by atoms with Gasteiger partial charge in [0.25, 0.3) is 0 Å². The smallest absolute Gasteiger partial charge is 0.321 e. The second-order valence-corrected chi connectivity index (χ2v) is 9.17. The van der Waals surface area contributed by atoms with Crippen molar-refractivity contribution in [1.29, 1.82) is 0 Å². The molecule has 1 N–H and O–H groups in total. The van der Waals surface area contributed by atoms with E-state index in [1.807, 2.05) is 13.8 Å². The molecule has 1 aliphatic rings. The molecule has 0 saturated carbocycles. The van der Waals surface area contributed by atoms with E-state index >= 15 is 0 Å². The zero-order valence-electron chi connectivity index (χ0n) is 15.6. The highest BCUT2D eigenvalue weighted by Crippen LogP contribution is 2.27. The molecule has 7 nitrogen and oxygen atoms in total. The van der Waals surface area contributed by atoms with Crippen molar-refractivity contribution in [3.05, 3.63) is 47.0 Å². The van der Waals surface area contributed by atoms with Crippen molar-refractivity contribution < 1.29 is 17.6 Å². The maximum Gasteiger partial charge on any atom is 0.321 e. The van der Waals surface area contributed by atoms with Crippen molar-refractivity contribution in [3.63, 3.8) is 0 Å². The van der Waals surface area contributed by atoms with Gasteiger partial charge in [0.1, 0.15) is 5.82 Å². The number of sulfone groups is 1. The lowest BCUT2D eigenvalue weighted by molar-refractivity contribution is 0.220. The van der Waals surface area contributed by atoms with Crippen LogP contribution in [0.1, 0.15) is 29.4 Å². The van der Waals surface area contributed by atoms with Crippen molar-refractivity contribution in [2.75, 3.05) is 23.9 Å². The summed E-state index contributed by atoms with van der Waals surface area (Å²) in [4.78, 5) is 13.9. The second-order valence-electron chi connectivity index (χ2n) is 6.94. The molecule has 1 fully saturated rings. The minimum Gasteiger partial charge on any atom is -0.323 e. The minimum atomic E-state index is -3.00. The number of aromatic nitrogens is 2. The third-order valence-electron chi connectivity index (χ3n) is 4.87. The Bertz CT molecular complexity index is 954. The van der Waals surface area contributed by atoms with Crippen LogP contribution < -0.4 is 5.32 Å². The lowest BCUT2D eigenvalue weighted by Gasteiger charge is -2.19. The van der Waals surface area contributed by atoms with Crippen molar-refractivity contribution in [3.8, 4) is 0 Å². The van der Waals surface area contributed by atoms with Crippen LogP contribution >= 0.6 is 0 Å². The fraction of sp³-hybridized carbons (Fsp3) is 0.444. The quantitative estimate of drug-likeness (QED) is 0.864. The first kappa shape index (κ1) is 19.3. The molecule has 0 spiro atoms. The van der Waals surface area contributed by atoms with Crippen LogP contribution in [-0.4, -0.2) is 47.7 Å². The molecule has 1 aliphatic heterocycles. The Hall–Kier alpha value is -2.42. The van der Waals surface area contributed by atoms with Crippen molar-refractivity contribution in [2.24, 2.45) is 0 Å². The number of hydrogen-bond donors (Lipinski definition) is 1. The highest BCUT2D eigenvalue weighted by molar-refractivity contribution is 7.91. The SMILES string of the molecule is Cc1nn(C2CCS(=O)(=O)C2)c(C)c1CN(C)C(=O)Nc1ccc(F)cc1. The van der Waals surface area contributed by atoms with Crippen LogP contribution in [0.15, 0.2) is 24.3 Å². The number of nitrogens with zero attached hydrogens (tertiary/aromatic N) is 3. The third kappa shape index (κ3) is 4.29. The number of carbonyl (C=O) groups excluding carboxylic acids is 1. The summed E-state index contributed by atoms with van der Waals surface area (Å²) in [5, 5.41) is 7.23. The molecule has 27 heavy (non-hydrogen) atoms. The van der Waals surface area contributed by atoms with Gasteiger partial charge in [0.15, 0.2) is 9.84 Å². The summed E-state index contributed by atoms with van der Waals surface area (Å²) in [6, 6.07) is 5.08. The number of halogens is 1. The summed E-state index contributed by atoms with van der Waals surface area (Å²) in [6.07, 6.45) is 0.560. The van der Waals surface area contributed by atoms with Gasteiger partial charge < -0.3 is 10.2 Å². The summed E-state index contributed by atoms with van der Waals surface area (Å²) < 4.78 is 38.3. The molecule has 2 aromatic rings. The van der Waals surface area contributed by atoms with E-state index in [1.165, 1.54) is 29.2 Å². The Kier molecular flexibility index (Phi) is 5.23. The lowest BCUT2D eigenvalue weighted by Crippen LogP contribution is -2.31. The molecule has 9 heteroatoms. The molecule has 1 saturated heterocycles. The number of nitrogens with one attached hydrogen (secondary N) is 1. The molecule has 0 radical (unpaired) electrons. The van der Waals surface area contributed by atoms with E-state index in [0.29, 0.717) is 18.7 Å². The van der Waals surface area contributed by atoms with Gasteiger partial charge >= 0.3 is 6.03 Å². The van der Waals surface area contributed by atoms with E-state index in [4.69, 9.17) is 0 Å². The molecule has 146 valence electrons. The van der Waals surface area contributed by atoms with Crippen LogP contribution in [0.4, 0.5) is 14.9 Å². The van der Waals surface area contributed by atoms with Crippen LogP contribution in [0.5, 0.6) is 0 Å². The average molecular weight is 394 g/mol. The highest BCUT2D eigenvalue weighted by atomic mass is 32.2. The summed E-state index contributed by atoms with van der Waals surface area (Å²) >= 11 is 0. The monoisotopic (exact) mass is 394 g/mol. The van der Waals surface area contributed by atoms with Crippen LogP contribution in [0.2, 0.25) is 0 Å². The molecule has 2 heterocycles. The molecule has 1 unspecified atom stereocenters. The van der Waals surface area contributed by atoms with Crippen LogP contribution in [0.3, 0.4) is 0 Å². The maximum absolute atomic E-state index is 13.0. The standard InChI is InChI=1S/C18H23FN4O3S/c1-12-17(13(2)23(21-12)16-8-9-27(25,26)11-16)10-22(3)18(24)20-15-6-4-14(19)5-7-15/h4-7,16H,8-11H2,1-3H3,(H,20,24). The van der Waals surface area contributed by atoms with Gasteiger partial charge in [-0.3, -0.25) is 4.68 Å². The Morgan fingerprint density at radius 1 is 1.33 bits per heavy atom. The number of urea groups is 1. The number of anilines is 1. The Morgan fingerprint density at radius 3 is 2.59 bits per heavy atom. The predicted octanol–water partition coefficient (Wildman–Crippen LogP) is 2.66. The van der Waals surface area contributed by atoms with Crippen LogP contribution in [-0.2, 0) is 16.4 Å². The Balaban J connectivity index is 1.71. The van der Waals surface area contributed by atoms with Crippen molar-refractivity contribution >= 4 is 21.6 Å². The first-order valence-corrected chi connectivity index (χ1v) is 10.5. The normalized spacial score (nSPS) is 18.4. The third-order valence-corrected chi connectivity index (χ3v) is 6.62. The molecule has 1 aromatic carbocycles. The maximum atomic E-state index is 13.0. The van der Waals surface area contributed by atoms with Crippen molar-refractivity contribution in [2.45, 2.75) is 32.9 Å². The van der Waals surface area contributed by atoms with E-state index in [-0.39, 0.29) is 29.4 Å². The van der Waals surface area contributed by atoms with E-state index in [2.05, 4.69) is 10.4 Å². The topological polar surface area (TPSA) is 84.3 Å². The lowest BCUT2D eigenvalue weighted by atomic mass is 10.2. The van der Waals surface area contributed by atoms with Gasteiger partial charge in [-0.2, -0.15) is 5.10 Å². The molecule has 0 bridgehead atoms. The number of aryl methyl sites for hydroxylation is 1. The highest BCUT2D eigenvalue weighted by Gasteiger charge is 2.31. The predicted molar refractivity (Wildman–Crippen MR) is 101 cm³/mol. The summed E-state index contributed by atoms with van der Waals surface area (Å²) in [5.41, 5.74) is 3.05. The summed E-state index contributed by atoms with van der Waals surface area (Å²) in [5.74, 6) is -0.0744. The van der Waals surface area contributed by atoms with E-state index in [9.17, 15) is 17.6 Å². The van der Waals surface area contributed by atoms with Gasteiger partial charge in [-0.1, -0.05) is 0 Å². The molecular formula is C18H23FN4O3S. The van der Waals surface area contributed by atoms with Gasteiger partial charge in [0, 0.05) is 24.0 Å². The van der Waals surface area contributed by atoms with Gasteiger partial charge in [-0.15, -0.1) is 0 Å². The fourth-order valence-electron chi connectivity index (χ4n) is 3.31. The average Bonchev–Trinajstić information content (AvgIpc) is 3.10. The van der Waals surface area contributed by atoms with Gasteiger partial charge in [-0.05, 0) is 44.5 Å². The molecule has 1 atom stereocenters. The van der Waals surface area contributed by atoms with E-state index < -0.39 is 9.84 Å². The largest absolute Gasteiger partial charge is 0.323 e. The number of benzene rings is 1. The minimum absolute atomic E-state index is 0.106. The zero-order chi connectivity index (χ0) is 19.8. The van der Waals surface area contributed by atoms with Crippen LogP contribution in [0.25, 0.3) is 0 Å². The molecule has 0 aliphatic carbocycles. The van der Waals surface area contributed by atoms with E-state index in [1.54, 1.807) is 11.7 Å². The molecular weight excluding hydrogens is 371 g/mol. The number of carbonyl (C=O) groups is 1. The number of rotatable bonds is 4. The second kappa shape index (κ2) is 7.30. The van der Waals surface area contributed by atoms with Crippen LogP contribution in [0, 0.1) is 19.7 Å². The number of amides is 2. The van der Waals surface area contributed by atoms with Crippen molar-refractivity contribution in [1.82, 2.24) is 14.7 Å². The molecule has 1 aromatic heterocycles. The van der Waals surface area contributed by atoms with E-state index in [0.717, 1.165) is 17.0 Å². The Morgan fingerprint density at radius 2 is 2.00 bits per heavy atom. The Labute approximate surface area is 158 Å². The first-order chi connectivity index (χ1) is 12.7.